The molecule has 96 valence electrons. The van der Waals surface area contributed by atoms with Gasteiger partial charge in [-0.1, -0.05) is 20.3 Å². The summed E-state index contributed by atoms with van der Waals surface area (Å²) in [4.78, 5) is 2.66. The van der Waals surface area contributed by atoms with Crippen LogP contribution in [0.2, 0.25) is 0 Å². The Bertz CT molecular complexity index is 162. The van der Waals surface area contributed by atoms with Crippen LogP contribution >= 0.6 is 0 Å². The molecule has 2 heteroatoms. The van der Waals surface area contributed by atoms with Crippen molar-refractivity contribution in [3.05, 3.63) is 0 Å². The quantitative estimate of drug-likeness (QED) is 0.718. The Kier molecular flexibility index (Phi) is 7.06. The van der Waals surface area contributed by atoms with E-state index in [4.69, 9.17) is 0 Å². The van der Waals surface area contributed by atoms with Crippen LogP contribution in [0.15, 0.2) is 0 Å². The summed E-state index contributed by atoms with van der Waals surface area (Å²) in [5.74, 6) is 1.01. The molecule has 0 radical (unpaired) electrons. The van der Waals surface area contributed by atoms with Gasteiger partial charge in [0.2, 0.25) is 0 Å². The number of rotatable bonds is 7. The summed E-state index contributed by atoms with van der Waals surface area (Å²) >= 11 is 0. The van der Waals surface area contributed by atoms with E-state index in [-0.39, 0.29) is 0 Å². The predicted molar refractivity (Wildman–Crippen MR) is 71.8 cm³/mol. The van der Waals surface area contributed by atoms with Gasteiger partial charge in [-0.3, -0.25) is 0 Å². The summed E-state index contributed by atoms with van der Waals surface area (Å²) in [6.45, 7) is 11.9. The molecule has 1 fully saturated rings. The van der Waals surface area contributed by atoms with Crippen molar-refractivity contribution in [3.63, 3.8) is 0 Å². The number of likely N-dealkylation sites (tertiary alicyclic amines) is 1. The molecule has 1 rings (SSSR count). The lowest BCUT2D eigenvalue weighted by molar-refractivity contribution is 0.178. The van der Waals surface area contributed by atoms with Gasteiger partial charge in [0.05, 0.1) is 0 Å². The first-order valence-electron chi connectivity index (χ1n) is 7.22. The molecular formula is C14H30N2. The first-order valence-corrected chi connectivity index (χ1v) is 7.22. The lowest BCUT2D eigenvalue weighted by Gasteiger charge is -2.31. The van der Waals surface area contributed by atoms with Crippen LogP contribution in [0.25, 0.3) is 0 Å². The predicted octanol–water partition coefficient (Wildman–Crippen LogP) is 2.89. The van der Waals surface area contributed by atoms with Crippen molar-refractivity contribution >= 4 is 0 Å². The van der Waals surface area contributed by atoms with Gasteiger partial charge in [-0.25, -0.2) is 0 Å². The topological polar surface area (TPSA) is 15.3 Å². The molecule has 0 amide bonds. The molecule has 0 spiro atoms. The van der Waals surface area contributed by atoms with Gasteiger partial charge < -0.3 is 10.2 Å². The van der Waals surface area contributed by atoms with Gasteiger partial charge in [-0.15, -0.1) is 0 Å². The average Bonchev–Trinajstić information content (AvgIpc) is 2.30. The maximum absolute atomic E-state index is 3.48. The SMILES string of the molecule is CCNC(C)CCCN1CCC(CC)CC1. The fraction of sp³-hybridized carbons (Fsp3) is 1.00. The summed E-state index contributed by atoms with van der Waals surface area (Å²) in [7, 11) is 0. The van der Waals surface area contributed by atoms with E-state index < -0.39 is 0 Å². The molecule has 1 unspecified atom stereocenters. The molecule has 1 N–H and O–H groups in total. The number of nitrogens with one attached hydrogen (secondary N) is 1. The van der Waals surface area contributed by atoms with Crippen LogP contribution in [-0.2, 0) is 0 Å². The minimum absolute atomic E-state index is 0.693. The monoisotopic (exact) mass is 226 g/mol. The molecule has 0 saturated carbocycles. The van der Waals surface area contributed by atoms with E-state index in [0.717, 1.165) is 12.5 Å². The van der Waals surface area contributed by atoms with Gasteiger partial charge >= 0.3 is 0 Å². The zero-order valence-corrected chi connectivity index (χ0v) is 11.5. The fourth-order valence-electron chi connectivity index (χ4n) is 2.69. The first kappa shape index (κ1) is 14.0. The Hall–Kier alpha value is -0.0800. The minimum atomic E-state index is 0.693. The van der Waals surface area contributed by atoms with Crippen LogP contribution in [0.1, 0.15) is 52.9 Å². The molecule has 1 heterocycles. The zero-order chi connectivity index (χ0) is 11.8. The Labute approximate surface area is 102 Å². The number of piperidine rings is 1. The molecule has 16 heavy (non-hydrogen) atoms. The van der Waals surface area contributed by atoms with Crippen molar-refractivity contribution in [2.45, 2.75) is 58.9 Å². The second kappa shape index (κ2) is 8.08. The van der Waals surface area contributed by atoms with Crippen LogP contribution in [0.3, 0.4) is 0 Å². The molecule has 0 bridgehead atoms. The van der Waals surface area contributed by atoms with Gasteiger partial charge in [0, 0.05) is 6.04 Å². The molecule has 2 nitrogen and oxygen atoms in total. The third-order valence-electron chi connectivity index (χ3n) is 3.95. The summed E-state index contributed by atoms with van der Waals surface area (Å²) in [5, 5.41) is 3.48. The van der Waals surface area contributed by atoms with E-state index in [1.807, 2.05) is 0 Å². The van der Waals surface area contributed by atoms with Crippen LogP contribution in [-0.4, -0.2) is 37.1 Å². The number of hydrogen-bond donors (Lipinski definition) is 1. The fourth-order valence-corrected chi connectivity index (χ4v) is 2.69. The highest BCUT2D eigenvalue weighted by Crippen LogP contribution is 2.20. The van der Waals surface area contributed by atoms with Gasteiger partial charge in [-0.05, 0) is 64.7 Å². The maximum Gasteiger partial charge on any atom is 0.00390 e. The van der Waals surface area contributed by atoms with E-state index >= 15 is 0 Å². The van der Waals surface area contributed by atoms with Gasteiger partial charge in [0.15, 0.2) is 0 Å². The minimum Gasteiger partial charge on any atom is -0.315 e. The Morgan fingerprint density at radius 2 is 1.94 bits per heavy atom. The second-order valence-corrected chi connectivity index (χ2v) is 5.29. The van der Waals surface area contributed by atoms with Crippen LogP contribution < -0.4 is 5.32 Å². The Balaban J connectivity index is 2.02. The van der Waals surface area contributed by atoms with E-state index in [0.29, 0.717) is 6.04 Å². The standard InChI is InChI=1S/C14H30N2/c1-4-14-8-11-16(12-9-14)10-6-7-13(3)15-5-2/h13-15H,4-12H2,1-3H3. The highest BCUT2D eigenvalue weighted by molar-refractivity contribution is 4.71. The lowest BCUT2D eigenvalue weighted by atomic mass is 9.94. The molecule has 1 atom stereocenters. The molecule has 0 aromatic carbocycles. The lowest BCUT2D eigenvalue weighted by Crippen LogP contribution is -2.35. The van der Waals surface area contributed by atoms with Crippen LogP contribution in [0, 0.1) is 5.92 Å². The molecule has 0 aromatic heterocycles. The highest BCUT2D eigenvalue weighted by Gasteiger charge is 2.17. The van der Waals surface area contributed by atoms with Crippen molar-refractivity contribution in [1.29, 1.82) is 0 Å². The van der Waals surface area contributed by atoms with Crippen molar-refractivity contribution in [2.24, 2.45) is 5.92 Å². The van der Waals surface area contributed by atoms with Crippen molar-refractivity contribution in [3.8, 4) is 0 Å². The molecule has 0 aliphatic carbocycles. The Morgan fingerprint density at radius 3 is 2.50 bits per heavy atom. The van der Waals surface area contributed by atoms with Gasteiger partial charge in [0.25, 0.3) is 0 Å². The van der Waals surface area contributed by atoms with Crippen molar-refractivity contribution < 1.29 is 0 Å². The van der Waals surface area contributed by atoms with Gasteiger partial charge in [-0.2, -0.15) is 0 Å². The average molecular weight is 226 g/mol. The zero-order valence-electron chi connectivity index (χ0n) is 11.5. The number of nitrogens with zero attached hydrogens (tertiary/aromatic N) is 1. The van der Waals surface area contributed by atoms with Crippen LogP contribution in [0.4, 0.5) is 0 Å². The third kappa shape index (κ3) is 5.31. The molecule has 0 aromatic rings. The van der Waals surface area contributed by atoms with Crippen LogP contribution in [0.5, 0.6) is 0 Å². The first-order chi connectivity index (χ1) is 7.76. The molecule has 1 aliphatic rings. The summed E-state index contributed by atoms with van der Waals surface area (Å²) < 4.78 is 0. The third-order valence-corrected chi connectivity index (χ3v) is 3.95. The van der Waals surface area contributed by atoms with Gasteiger partial charge in [0.1, 0.15) is 0 Å². The largest absolute Gasteiger partial charge is 0.315 e. The Morgan fingerprint density at radius 1 is 1.25 bits per heavy atom. The highest BCUT2D eigenvalue weighted by atomic mass is 15.1. The second-order valence-electron chi connectivity index (χ2n) is 5.29. The van der Waals surface area contributed by atoms with E-state index in [9.17, 15) is 0 Å². The summed E-state index contributed by atoms with van der Waals surface area (Å²) in [5.41, 5.74) is 0. The van der Waals surface area contributed by atoms with E-state index in [1.54, 1.807) is 0 Å². The maximum atomic E-state index is 3.48. The molecule has 1 saturated heterocycles. The molecule has 1 aliphatic heterocycles. The van der Waals surface area contributed by atoms with E-state index in [1.165, 1.54) is 51.7 Å². The smallest absolute Gasteiger partial charge is 0.00390 e. The molecular weight excluding hydrogens is 196 g/mol. The summed E-state index contributed by atoms with van der Waals surface area (Å²) in [6, 6.07) is 0.693. The summed E-state index contributed by atoms with van der Waals surface area (Å²) in [6.07, 6.45) is 6.91. The van der Waals surface area contributed by atoms with Crippen molar-refractivity contribution in [2.75, 3.05) is 26.2 Å². The van der Waals surface area contributed by atoms with E-state index in [2.05, 4.69) is 31.0 Å². The number of hydrogen-bond acceptors (Lipinski definition) is 2. The normalized spacial score (nSPS) is 21.2. The van der Waals surface area contributed by atoms with Crippen molar-refractivity contribution in [1.82, 2.24) is 10.2 Å².